The molecule has 0 saturated carbocycles. The van der Waals surface area contributed by atoms with E-state index in [-0.39, 0.29) is 11.1 Å². The minimum Gasteiger partial charge on any atom is -0.268 e. The first kappa shape index (κ1) is 57.4. The SMILES string of the molecule is O=c1c2cccc3c(-c4ccc5ccccc5c4)ccc(c32)c2nc3c(-c4ccc5ccccc5c4)cc(-c4ccc5ccccc5c4)cc3n12.O=c1c2cccc3c(-c4ccc5ccccc5c4)ccc(c32)c2nc3cc(-c4ccc5ccccc5c4)cc(-c4ccc5ccccc5c4)c3n12. The number of hydrogen-bond acceptors (Lipinski definition) is 4. The Morgan fingerprint density at radius 1 is 0.216 bits per heavy atom. The molecular weight excluding hydrogens is 1240 g/mol. The molecule has 0 fully saturated rings. The summed E-state index contributed by atoms with van der Waals surface area (Å²) in [6, 6.07) is 120. The highest BCUT2D eigenvalue weighted by atomic mass is 16.1. The van der Waals surface area contributed by atoms with Crippen LogP contribution in [0.1, 0.15) is 0 Å². The zero-order valence-electron chi connectivity index (χ0n) is 54.9. The molecule has 22 rings (SSSR count). The Hall–Kier alpha value is -13.7. The van der Waals surface area contributed by atoms with Crippen molar-refractivity contribution in [3.8, 4) is 66.8 Å². The lowest BCUT2D eigenvalue weighted by molar-refractivity contribution is 1.19. The average molecular weight is 1300 g/mol. The van der Waals surface area contributed by atoms with Crippen molar-refractivity contribution in [2.75, 3.05) is 0 Å². The Bertz CT molecular complexity index is 7320. The fourth-order valence-electron chi connectivity index (χ4n) is 16.4. The first-order chi connectivity index (χ1) is 50.3. The second-order valence-corrected chi connectivity index (χ2v) is 27.1. The van der Waals surface area contributed by atoms with Crippen molar-refractivity contribution in [3.05, 3.63) is 360 Å². The van der Waals surface area contributed by atoms with E-state index in [0.29, 0.717) is 22.1 Å². The van der Waals surface area contributed by atoms with Gasteiger partial charge in [-0.3, -0.25) is 18.4 Å². The van der Waals surface area contributed by atoms with Crippen LogP contribution in [-0.2, 0) is 0 Å². The van der Waals surface area contributed by atoms with Gasteiger partial charge in [-0.1, -0.05) is 255 Å². The molecule has 18 aromatic carbocycles. The van der Waals surface area contributed by atoms with Crippen LogP contribution < -0.4 is 11.1 Å². The van der Waals surface area contributed by atoms with Crippen molar-refractivity contribution >= 4 is 141 Å². The van der Waals surface area contributed by atoms with Gasteiger partial charge in [0, 0.05) is 43.4 Å². The van der Waals surface area contributed by atoms with Crippen LogP contribution in [0.4, 0.5) is 0 Å². The maximum absolute atomic E-state index is 14.8. The lowest BCUT2D eigenvalue weighted by atomic mass is 9.93. The Morgan fingerprint density at radius 3 is 0.980 bits per heavy atom. The van der Waals surface area contributed by atoms with Crippen LogP contribution in [0.25, 0.3) is 208 Å². The van der Waals surface area contributed by atoms with Crippen LogP contribution >= 0.6 is 0 Å². The van der Waals surface area contributed by atoms with Gasteiger partial charge in [0.2, 0.25) is 0 Å². The normalized spacial score (nSPS) is 12.0. The topological polar surface area (TPSA) is 68.7 Å². The highest BCUT2D eigenvalue weighted by Crippen LogP contribution is 2.44. The number of pyridine rings is 2. The Labute approximate surface area is 583 Å². The third kappa shape index (κ3) is 8.99. The molecule has 6 nitrogen and oxygen atoms in total. The summed E-state index contributed by atoms with van der Waals surface area (Å²) in [7, 11) is 0. The van der Waals surface area contributed by atoms with E-state index >= 15 is 0 Å². The van der Waals surface area contributed by atoms with E-state index in [1.165, 1.54) is 53.9 Å². The monoisotopic (exact) mass is 1300 g/mol. The number of benzene rings is 18. The zero-order valence-corrected chi connectivity index (χ0v) is 54.9. The van der Waals surface area contributed by atoms with Crippen molar-refractivity contribution in [2.45, 2.75) is 0 Å². The predicted octanol–water partition coefficient (Wildman–Crippen LogP) is 24.1. The molecule has 22 aromatic rings. The van der Waals surface area contributed by atoms with Gasteiger partial charge in [-0.05, 0) is 216 Å². The van der Waals surface area contributed by atoms with Gasteiger partial charge in [0.1, 0.15) is 11.3 Å². The molecule has 0 amide bonds. The second-order valence-electron chi connectivity index (χ2n) is 27.1. The fourth-order valence-corrected chi connectivity index (χ4v) is 16.4. The number of rotatable bonds is 6. The molecule has 4 aromatic heterocycles. The molecule has 6 heteroatoms. The van der Waals surface area contributed by atoms with E-state index in [9.17, 15) is 9.59 Å². The van der Waals surface area contributed by atoms with E-state index in [1.54, 1.807) is 0 Å². The molecule has 0 radical (unpaired) electrons. The van der Waals surface area contributed by atoms with Crippen LogP contribution in [0.15, 0.2) is 349 Å². The molecule has 0 N–H and O–H groups in total. The van der Waals surface area contributed by atoms with Gasteiger partial charge in [-0.15, -0.1) is 0 Å². The third-order valence-corrected chi connectivity index (χ3v) is 21.3. The number of nitrogens with zero attached hydrogens (tertiary/aromatic N) is 4. The molecule has 472 valence electrons. The summed E-state index contributed by atoms with van der Waals surface area (Å²) < 4.78 is 3.70. The fraction of sp³-hybridized carbons (Fsp3) is 0. The Kier molecular flexibility index (Phi) is 12.6. The van der Waals surface area contributed by atoms with Crippen molar-refractivity contribution in [2.24, 2.45) is 0 Å². The number of imidazole rings is 2. The van der Waals surface area contributed by atoms with Gasteiger partial charge in [0.15, 0.2) is 0 Å². The second kappa shape index (κ2) is 22.4. The summed E-state index contributed by atoms with van der Waals surface area (Å²) in [5.74, 6) is 0. The lowest BCUT2D eigenvalue weighted by Gasteiger charge is -2.13. The molecule has 0 aliphatic carbocycles. The molecule has 0 atom stereocenters. The summed E-state index contributed by atoms with van der Waals surface area (Å²) in [5.41, 5.74) is 17.4. The van der Waals surface area contributed by atoms with Crippen molar-refractivity contribution in [1.82, 2.24) is 18.8 Å². The van der Waals surface area contributed by atoms with Gasteiger partial charge < -0.3 is 0 Å². The first-order valence-electron chi connectivity index (χ1n) is 34.7. The van der Waals surface area contributed by atoms with Gasteiger partial charge in [-0.2, -0.15) is 0 Å². The molecule has 102 heavy (non-hydrogen) atoms. The first-order valence-corrected chi connectivity index (χ1v) is 34.7. The summed E-state index contributed by atoms with van der Waals surface area (Å²) in [6.45, 7) is 0. The van der Waals surface area contributed by atoms with E-state index in [2.05, 4.69) is 315 Å². The zero-order chi connectivity index (χ0) is 67.3. The molecule has 0 spiro atoms. The quantitative estimate of drug-likeness (QED) is 0.166. The van der Waals surface area contributed by atoms with Crippen molar-refractivity contribution in [1.29, 1.82) is 0 Å². The minimum absolute atomic E-state index is 0.0539. The Morgan fingerprint density at radius 2 is 0.549 bits per heavy atom. The van der Waals surface area contributed by atoms with Crippen LogP contribution in [0.2, 0.25) is 0 Å². The highest BCUT2D eigenvalue weighted by molar-refractivity contribution is 6.22. The van der Waals surface area contributed by atoms with Crippen LogP contribution in [-0.4, -0.2) is 18.8 Å². The van der Waals surface area contributed by atoms with Gasteiger partial charge in [-0.25, -0.2) is 9.97 Å². The van der Waals surface area contributed by atoms with E-state index in [4.69, 9.17) is 9.97 Å². The maximum Gasteiger partial charge on any atom is 0.264 e. The Balaban J connectivity index is 0.000000133. The number of aromatic nitrogens is 4. The average Bonchev–Trinajstić information content (AvgIpc) is 1.52. The third-order valence-electron chi connectivity index (χ3n) is 21.3. The number of fused-ring (bicyclic) bond motifs is 14. The van der Waals surface area contributed by atoms with Crippen molar-refractivity contribution in [3.63, 3.8) is 0 Å². The van der Waals surface area contributed by atoms with Crippen LogP contribution in [0.3, 0.4) is 0 Å². The predicted molar refractivity (Wildman–Crippen MR) is 428 cm³/mol. The van der Waals surface area contributed by atoms with Crippen LogP contribution in [0, 0.1) is 0 Å². The highest BCUT2D eigenvalue weighted by Gasteiger charge is 2.25. The smallest absolute Gasteiger partial charge is 0.264 e. The molecule has 4 heterocycles. The lowest BCUT2D eigenvalue weighted by Crippen LogP contribution is -2.13. The van der Waals surface area contributed by atoms with Crippen molar-refractivity contribution < 1.29 is 0 Å². The van der Waals surface area contributed by atoms with E-state index in [1.807, 2.05) is 33.1 Å². The molecule has 0 unspecified atom stereocenters. The minimum atomic E-state index is -0.0543. The summed E-state index contributed by atoms with van der Waals surface area (Å²) in [4.78, 5) is 40.2. The van der Waals surface area contributed by atoms with Gasteiger partial charge in [0.25, 0.3) is 11.1 Å². The maximum atomic E-state index is 14.8. The number of hydrogen-bond donors (Lipinski definition) is 0. The van der Waals surface area contributed by atoms with Gasteiger partial charge in [0.05, 0.1) is 22.1 Å². The van der Waals surface area contributed by atoms with E-state index < -0.39 is 0 Å². The molecule has 0 aliphatic heterocycles. The standard InChI is InChI=1S/2C48H28N2O/c51-48-42-15-7-14-40-39(36-20-17-30-9-2-5-12-33(30)25-36)22-23-41(45(40)42)47-49-46-43(37-21-18-31-10-3-6-13-34(31)26-37)27-38(28-44(46)50(47)48)35-19-16-29-8-1-4-11-32(29)24-35;51-48-42-15-7-14-40-39(36-20-17-30-9-2-5-12-33(30)25-36)22-23-41(45(40)42)47-49-44-28-38(35-19-16-29-8-1-4-11-32(29)24-35)27-43(46(44)50(47)48)37-21-18-31-10-3-6-13-34(31)26-37/h2*1-28H. The molecular formula is C96H56N4O2. The van der Waals surface area contributed by atoms with Gasteiger partial charge >= 0.3 is 0 Å². The van der Waals surface area contributed by atoms with Crippen LogP contribution in [0.5, 0.6) is 0 Å². The molecule has 0 aliphatic rings. The van der Waals surface area contributed by atoms with E-state index in [0.717, 1.165) is 132 Å². The molecule has 0 saturated heterocycles. The largest absolute Gasteiger partial charge is 0.268 e. The summed E-state index contributed by atoms with van der Waals surface area (Å²) in [5, 5.41) is 21.6. The molecule has 0 bridgehead atoms. The summed E-state index contributed by atoms with van der Waals surface area (Å²) >= 11 is 0. The summed E-state index contributed by atoms with van der Waals surface area (Å²) in [6.07, 6.45) is 0.